The maximum Gasteiger partial charge on any atom is 0.141 e. The van der Waals surface area contributed by atoms with Crippen molar-refractivity contribution in [1.29, 1.82) is 0 Å². The predicted molar refractivity (Wildman–Crippen MR) is 223 cm³/mol. The zero-order valence-corrected chi connectivity index (χ0v) is 31.1. The summed E-state index contributed by atoms with van der Waals surface area (Å²) < 4.78 is 15.4. The second-order valence-corrected chi connectivity index (χ2v) is 15.6. The van der Waals surface area contributed by atoms with Gasteiger partial charge in [0, 0.05) is 58.7 Å². The minimum absolute atomic E-state index is 0.0928. The van der Waals surface area contributed by atoms with E-state index in [2.05, 4.69) is 177 Å². The molecule has 6 heteroatoms. The van der Waals surface area contributed by atoms with Crippen LogP contribution in [0.1, 0.15) is 31.9 Å². The molecule has 0 fully saturated rings. The third-order valence-electron chi connectivity index (χ3n) is 10.8. The van der Waals surface area contributed by atoms with Crippen LogP contribution in [-0.2, 0) is 5.41 Å². The second-order valence-electron chi connectivity index (χ2n) is 15.6. The number of fused-ring (bicyclic) bond motifs is 7. The minimum Gasteiger partial charge on any atom is -0.457 e. The normalized spacial score (nSPS) is 13.1. The first-order valence-corrected chi connectivity index (χ1v) is 18.5. The molecule has 6 aromatic carbocycles. The van der Waals surface area contributed by atoms with Gasteiger partial charge in [0.1, 0.15) is 28.5 Å². The first-order chi connectivity index (χ1) is 26.2. The molecule has 264 valence electrons. The Morgan fingerprint density at radius 1 is 0.630 bits per heavy atom. The van der Waals surface area contributed by atoms with E-state index in [1.54, 1.807) is 0 Å². The molecule has 1 aliphatic rings. The Kier molecular flexibility index (Phi) is 7.15. The van der Waals surface area contributed by atoms with Crippen molar-refractivity contribution in [2.45, 2.75) is 33.1 Å². The smallest absolute Gasteiger partial charge is 0.141 e. The summed E-state index contributed by atoms with van der Waals surface area (Å²) in [7, 11) is 2.15. The average Bonchev–Trinajstić information content (AvgIpc) is 3.82. The molecule has 0 aliphatic carbocycles. The monoisotopic (exact) mass is 704 g/mol. The standard InChI is InChI=1S/C48H40N4O2/c1-30-15-20-45-39(21-30)40-28-49-47(27-46(40)54-45)52-41-14-10-9-13-37(41)38-18-17-35(26-43(38)52)53-36-24-33(48(2,3)4)23-34(25-36)51-29-50(5)42-19-16-32(22-44(42)51)31-11-7-6-8-12-31/h6-28H,29H2,1-5H3. The second kappa shape index (κ2) is 12.0. The quantitative estimate of drug-likeness (QED) is 0.178. The van der Waals surface area contributed by atoms with E-state index in [9.17, 15) is 0 Å². The highest BCUT2D eigenvalue weighted by Gasteiger charge is 2.27. The van der Waals surface area contributed by atoms with E-state index in [1.165, 1.54) is 33.6 Å². The molecule has 0 saturated carbocycles. The number of pyridine rings is 1. The number of rotatable bonds is 5. The fourth-order valence-corrected chi connectivity index (χ4v) is 7.98. The van der Waals surface area contributed by atoms with Crippen LogP contribution in [0.5, 0.6) is 11.5 Å². The van der Waals surface area contributed by atoms with Gasteiger partial charge in [-0.15, -0.1) is 0 Å². The lowest BCUT2D eigenvalue weighted by Crippen LogP contribution is -2.24. The van der Waals surface area contributed by atoms with Crippen molar-refractivity contribution in [1.82, 2.24) is 9.55 Å². The minimum atomic E-state index is -0.0928. The highest BCUT2D eigenvalue weighted by molar-refractivity contribution is 6.10. The van der Waals surface area contributed by atoms with Crippen LogP contribution < -0.4 is 14.5 Å². The van der Waals surface area contributed by atoms with Crippen molar-refractivity contribution in [3.8, 4) is 28.4 Å². The van der Waals surface area contributed by atoms with Crippen LogP contribution in [0.2, 0.25) is 0 Å². The Labute approximate surface area is 314 Å². The van der Waals surface area contributed by atoms with Crippen LogP contribution >= 0.6 is 0 Å². The lowest BCUT2D eigenvalue weighted by Gasteiger charge is -2.26. The third-order valence-corrected chi connectivity index (χ3v) is 10.8. The van der Waals surface area contributed by atoms with Crippen LogP contribution in [0.4, 0.5) is 17.1 Å². The van der Waals surface area contributed by atoms with Gasteiger partial charge in [-0.25, -0.2) is 4.98 Å². The van der Waals surface area contributed by atoms with E-state index in [0.717, 1.165) is 73.4 Å². The van der Waals surface area contributed by atoms with E-state index >= 15 is 0 Å². The van der Waals surface area contributed by atoms with Gasteiger partial charge in [-0.3, -0.25) is 4.57 Å². The van der Waals surface area contributed by atoms with Gasteiger partial charge in [-0.1, -0.05) is 87.0 Å². The number of hydrogen-bond acceptors (Lipinski definition) is 5. The van der Waals surface area contributed by atoms with E-state index in [4.69, 9.17) is 14.1 Å². The molecule has 9 aromatic rings. The molecule has 0 unspecified atom stereocenters. The molecule has 0 amide bonds. The summed E-state index contributed by atoms with van der Waals surface area (Å²) in [6.07, 6.45) is 1.94. The maximum atomic E-state index is 6.85. The fraction of sp³-hybridized carbons (Fsp3) is 0.146. The zero-order valence-electron chi connectivity index (χ0n) is 31.1. The van der Waals surface area contributed by atoms with Gasteiger partial charge in [0.2, 0.25) is 0 Å². The van der Waals surface area contributed by atoms with Crippen molar-refractivity contribution < 1.29 is 9.15 Å². The summed E-state index contributed by atoms with van der Waals surface area (Å²) in [6, 6.07) is 47.2. The highest BCUT2D eigenvalue weighted by atomic mass is 16.5. The van der Waals surface area contributed by atoms with Crippen molar-refractivity contribution in [3.63, 3.8) is 0 Å². The molecule has 3 aromatic heterocycles. The van der Waals surface area contributed by atoms with Crippen molar-refractivity contribution >= 4 is 60.8 Å². The van der Waals surface area contributed by atoms with Crippen LogP contribution in [0.3, 0.4) is 0 Å². The number of para-hydroxylation sites is 1. The number of benzene rings is 6. The highest BCUT2D eigenvalue weighted by Crippen LogP contribution is 2.45. The van der Waals surface area contributed by atoms with Gasteiger partial charge in [0.15, 0.2) is 0 Å². The molecule has 0 atom stereocenters. The maximum absolute atomic E-state index is 6.85. The van der Waals surface area contributed by atoms with E-state index < -0.39 is 0 Å². The number of ether oxygens (including phenoxy) is 1. The van der Waals surface area contributed by atoms with Gasteiger partial charge >= 0.3 is 0 Å². The summed E-state index contributed by atoms with van der Waals surface area (Å²) in [6.45, 7) is 9.61. The first-order valence-electron chi connectivity index (χ1n) is 18.5. The Morgan fingerprint density at radius 2 is 1.44 bits per heavy atom. The Hall–Kier alpha value is -6.53. The van der Waals surface area contributed by atoms with Gasteiger partial charge in [0.05, 0.1) is 29.1 Å². The Bertz CT molecular complexity index is 2910. The Balaban J connectivity index is 1.07. The van der Waals surface area contributed by atoms with E-state index in [1.807, 2.05) is 12.3 Å². The van der Waals surface area contributed by atoms with Crippen LogP contribution in [0.25, 0.3) is 60.7 Å². The Morgan fingerprint density at radius 3 is 2.30 bits per heavy atom. The lowest BCUT2D eigenvalue weighted by molar-refractivity contribution is 0.479. The molecule has 0 saturated heterocycles. The van der Waals surface area contributed by atoms with E-state index in [-0.39, 0.29) is 5.41 Å². The summed E-state index contributed by atoms with van der Waals surface area (Å²) in [5.41, 5.74) is 12.0. The van der Waals surface area contributed by atoms with Crippen LogP contribution in [0.15, 0.2) is 144 Å². The van der Waals surface area contributed by atoms with E-state index in [0.29, 0.717) is 0 Å². The third kappa shape index (κ3) is 5.28. The van der Waals surface area contributed by atoms with Crippen LogP contribution in [-0.4, -0.2) is 23.3 Å². The molecule has 0 radical (unpaired) electrons. The lowest BCUT2D eigenvalue weighted by atomic mass is 9.86. The van der Waals surface area contributed by atoms with Gasteiger partial charge in [-0.05, 0) is 83.6 Å². The molecule has 54 heavy (non-hydrogen) atoms. The number of aromatic nitrogens is 2. The predicted octanol–water partition coefficient (Wildman–Crippen LogP) is 12.7. The molecular weight excluding hydrogens is 665 g/mol. The average molecular weight is 705 g/mol. The van der Waals surface area contributed by atoms with Gasteiger partial charge < -0.3 is 19.0 Å². The molecule has 0 bridgehead atoms. The molecular formula is C48H40N4O2. The largest absolute Gasteiger partial charge is 0.457 e. The summed E-state index contributed by atoms with van der Waals surface area (Å²) >= 11 is 0. The van der Waals surface area contributed by atoms with Crippen molar-refractivity contribution in [2.75, 3.05) is 23.5 Å². The number of anilines is 3. The summed E-state index contributed by atoms with van der Waals surface area (Å²) in [4.78, 5) is 9.71. The first kappa shape index (κ1) is 32.1. The fourth-order valence-electron chi connectivity index (χ4n) is 7.98. The molecule has 4 heterocycles. The topological polar surface area (TPSA) is 46.7 Å². The summed E-state index contributed by atoms with van der Waals surface area (Å²) in [5, 5.41) is 4.39. The number of aryl methyl sites for hydroxylation is 1. The van der Waals surface area contributed by atoms with Gasteiger partial charge in [-0.2, -0.15) is 0 Å². The number of nitrogens with zero attached hydrogens (tertiary/aromatic N) is 4. The molecule has 1 aliphatic heterocycles. The van der Waals surface area contributed by atoms with Crippen LogP contribution in [0, 0.1) is 6.92 Å². The van der Waals surface area contributed by atoms with Gasteiger partial charge in [0.25, 0.3) is 0 Å². The van der Waals surface area contributed by atoms with Crippen molar-refractivity contribution in [3.05, 3.63) is 151 Å². The zero-order chi connectivity index (χ0) is 36.7. The number of furan rings is 1. The molecule has 6 nitrogen and oxygen atoms in total. The molecule has 0 N–H and O–H groups in total. The summed E-state index contributed by atoms with van der Waals surface area (Å²) in [5.74, 6) is 2.35. The molecule has 0 spiro atoms. The SMILES string of the molecule is Cc1ccc2oc3cc(-n4c5ccccc5c5ccc(Oc6cc(N7CN(C)c8ccc(-c9ccccc9)cc87)cc(C(C)(C)C)c6)cc54)ncc3c2c1. The molecule has 10 rings (SSSR count). The van der Waals surface area contributed by atoms with Crippen molar-refractivity contribution in [2.24, 2.45) is 0 Å². The number of hydrogen-bond donors (Lipinski definition) is 0.